The number of carbonyl (C=O) groups excluding carboxylic acids is 1. The molecule has 0 heterocycles. The zero-order valence-corrected chi connectivity index (χ0v) is 13.4. The summed E-state index contributed by atoms with van der Waals surface area (Å²) in [5.41, 5.74) is 9.00. The molecule has 0 aromatic heterocycles. The summed E-state index contributed by atoms with van der Waals surface area (Å²) in [6.45, 7) is 6.25. The van der Waals surface area contributed by atoms with E-state index in [9.17, 15) is 4.79 Å². The van der Waals surface area contributed by atoms with E-state index in [-0.39, 0.29) is 18.2 Å². The van der Waals surface area contributed by atoms with Gasteiger partial charge in [0.2, 0.25) is 5.88 Å². The molecule has 1 aromatic carbocycles. The van der Waals surface area contributed by atoms with Crippen molar-refractivity contribution in [3.05, 3.63) is 41.4 Å². The molecule has 0 radical (unpaired) electrons. The molecule has 0 bridgehead atoms. The molecule has 6 heteroatoms. The first-order chi connectivity index (χ1) is 10.6. The normalized spacial score (nSPS) is 11.9. The number of nitrogens with two attached hydrogens (primary N) is 2. The monoisotopic (exact) mass is 307 g/mol. The maximum atomic E-state index is 11.6. The molecular formula is C16H25N3O3. The molecule has 5 N–H and O–H groups in total. The molecule has 0 amide bonds. The highest BCUT2D eigenvalue weighted by atomic mass is 16.5. The molecule has 0 atom stereocenters. The van der Waals surface area contributed by atoms with Crippen molar-refractivity contribution in [2.75, 3.05) is 6.61 Å². The topological polar surface area (TPSA) is 99.6 Å². The summed E-state index contributed by atoms with van der Waals surface area (Å²) in [7, 11) is 0. The van der Waals surface area contributed by atoms with Gasteiger partial charge < -0.3 is 15.2 Å². The van der Waals surface area contributed by atoms with Crippen LogP contribution in [0.4, 0.5) is 0 Å². The minimum atomic E-state index is -0.677. The molecule has 122 valence electrons. The molecule has 0 saturated carbocycles. The van der Waals surface area contributed by atoms with E-state index in [2.05, 4.69) is 19.3 Å². The second-order valence-corrected chi connectivity index (χ2v) is 4.79. The lowest BCUT2D eigenvalue weighted by Crippen LogP contribution is -2.31. The fraction of sp³-hybridized carbons (Fsp3) is 0.438. The lowest BCUT2D eigenvalue weighted by molar-refractivity contribution is -0.138. The van der Waals surface area contributed by atoms with Gasteiger partial charge >= 0.3 is 5.97 Å². The summed E-state index contributed by atoms with van der Waals surface area (Å²) < 4.78 is 10.3. The van der Waals surface area contributed by atoms with E-state index >= 15 is 0 Å². The first-order valence-electron chi connectivity index (χ1n) is 7.48. The Balaban J connectivity index is 2.88. The number of hydrogen-bond acceptors (Lipinski definition) is 6. The summed E-state index contributed by atoms with van der Waals surface area (Å²) in [6, 6.07) is 7.65. The van der Waals surface area contributed by atoms with Crippen LogP contribution in [0.1, 0.15) is 45.1 Å². The van der Waals surface area contributed by atoms with Gasteiger partial charge in [-0.1, -0.05) is 26.0 Å². The van der Waals surface area contributed by atoms with Crippen LogP contribution in [0, 0.1) is 0 Å². The van der Waals surface area contributed by atoms with E-state index in [0.29, 0.717) is 11.7 Å². The van der Waals surface area contributed by atoms with Crippen molar-refractivity contribution in [1.82, 2.24) is 5.43 Å². The smallest absolute Gasteiger partial charge is 0.359 e. The zero-order valence-electron chi connectivity index (χ0n) is 13.4. The third-order valence-electron chi connectivity index (χ3n) is 3.43. The molecule has 0 aliphatic heterocycles. The van der Waals surface area contributed by atoms with Crippen molar-refractivity contribution in [2.45, 2.75) is 39.5 Å². The van der Waals surface area contributed by atoms with Crippen molar-refractivity contribution in [1.29, 1.82) is 0 Å². The molecular weight excluding hydrogens is 282 g/mol. The second-order valence-electron chi connectivity index (χ2n) is 4.79. The largest absolute Gasteiger partial charge is 0.461 e. The second kappa shape index (κ2) is 8.94. The summed E-state index contributed by atoms with van der Waals surface area (Å²) >= 11 is 0. The third-order valence-corrected chi connectivity index (χ3v) is 3.43. The van der Waals surface area contributed by atoms with Crippen LogP contribution in [0.5, 0.6) is 5.75 Å². The maximum absolute atomic E-state index is 11.6. The Labute approximate surface area is 131 Å². The van der Waals surface area contributed by atoms with Gasteiger partial charge in [-0.05, 0) is 43.4 Å². The minimum Gasteiger partial charge on any atom is -0.461 e. The molecule has 1 aromatic rings. The van der Waals surface area contributed by atoms with E-state index in [1.165, 1.54) is 5.56 Å². The lowest BCUT2D eigenvalue weighted by Gasteiger charge is -2.15. The third kappa shape index (κ3) is 4.66. The quantitative estimate of drug-likeness (QED) is 0.224. The molecule has 6 nitrogen and oxygen atoms in total. The molecule has 0 saturated heterocycles. The molecule has 0 unspecified atom stereocenters. The fourth-order valence-electron chi connectivity index (χ4n) is 2.15. The van der Waals surface area contributed by atoms with Crippen molar-refractivity contribution in [3.63, 3.8) is 0 Å². The van der Waals surface area contributed by atoms with Crippen molar-refractivity contribution in [2.24, 2.45) is 11.6 Å². The van der Waals surface area contributed by atoms with Crippen LogP contribution in [0.2, 0.25) is 0 Å². The van der Waals surface area contributed by atoms with Crippen molar-refractivity contribution >= 4 is 5.97 Å². The van der Waals surface area contributed by atoms with Gasteiger partial charge in [-0.25, -0.2) is 10.6 Å². The Bertz CT molecular complexity index is 508. The van der Waals surface area contributed by atoms with Crippen LogP contribution in [-0.2, 0) is 9.53 Å². The van der Waals surface area contributed by atoms with Crippen LogP contribution < -0.4 is 21.7 Å². The van der Waals surface area contributed by atoms with E-state index in [1.54, 1.807) is 6.92 Å². The SMILES string of the molecule is CCOC(=O)/C(N)=C(/NN)Oc1ccc(C(CC)CC)cc1. The van der Waals surface area contributed by atoms with Gasteiger partial charge in [0.05, 0.1) is 6.61 Å². The molecule has 0 fully saturated rings. The van der Waals surface area contributed by atoms with Gasteiger partial charge in [-0.2, -0.15) is 0 Å². The van der Waals surface area contributed by atoms with E-state index < -0.39 is 5.97 Å². The summed E-state index contributed by atoms with van der Waals surface area (Å²) in [5.74, 6) is 5.71. The van der Waals surface area contributed by atoms with Gasteiger partial charge in [0.1, 0.15) is 5.75 Å². The Morgan fingerprint density at radius 2 is 1.77 bits per heavy atom. The summed E-state index contributed by atoms with van der Waals surface area (Å²) in [6.07, 6.45) is 2.17. The number of esters is 1. The van der Waals surface area contributed by atoms with Gasteiger partial charge in [0.25, 0.3) is 0 Å². The van der Waals surface area contributed by atoms with Crippen LogP contribution in [-0.4, -0.2) is 12.6 Å². The van der Waals surface area contributed by atoms with Crippen LogP contribution >= 0.6 is 0 Å². The lowest BCUT2D eigenvalue weighted by atomic mass is 9.94. The van der Waals surface area contributed by atoms with Gasteiger partial charge in [-0.15, -0.1) is 0 Å². The Morgan fingerprint density at radius 3 is 2.23 bits per heavy atom. The van der Waals surface area contributed by atoms with E-state index in [1.807, 2.05) is 24.3 Å². The molecule has 0 aliphatic rings. The average molecular weight is 307 g/mol. The van der Waals surface area contributed by atoms with Gasteiger partial charge in [0.15, 0.2) is 5.70 Å². The van der Waals surface area contributed by atoms with Gasteiger partial charge in [0, 0.05) is 0 Å². The number of rotatable bonds is 8. The number of carbonyl (C=O) groups is 1. The minimum absolute atomic E-state index is 0.0336. The molecule has 0 spiro atoms. The summed E-state index contributed by atoms with van der Waals surface area (Å²) in [4.78, 5) is 11.6. The molecule has 1 rings (SSSR count). The van der Waals surface area contributed by atoms with E-state index in [0.717, 1.165) is 12.8 Å². The first-order valence-corrected chi connectivity index (χ1v) is 7.48. The van der Waals surface area contributed by atoms with Gasteiger partial charge in [-0.3, -0.25) is 5.43 Å². The average Bonchev–Trinajstić information content (AvgIpc) is 2.54. The fourth-order valence-corrected chi connectivity index (χ4v) is 2.15. The van der Waals surface area contributed by atoms with Crippen LogP contribution in [0.25, 0.3) is 0 Å². The van der Waals surface area contributed by atoms with Crippen molar-refractivity contribution in [3.8, 4) is 5.75 Å². The highest BCUT2D eigenvalue weighted by molar-refractivity contribution is 5.87. The van der Waals surface area contributed by atoms with E-state index in [4.69, 9.17) is 21.1 Å². The number of benzene rings is 1. The molecule has 22 heavy (non-hydrogen) atoms. The van der Waals surface area contributed by atoms with Crippen LogP contribution in [0.3, 0.4) is 0 Å². The standard InChI is InChI=1S/C16H25N3O3/c1-4-11(5-2)12-7-9-13(10-8-12)22-15(19-18)14(17)16(20)21-6-3/h7-11,19H,4-6,17-18H2,1-3H3/b15-14+. The first kappa shape index (κ1) is 17.8. The Kier molecular flexibility index (Phi) is 7.25. The number of ether oxygens (including phenoxy) is 2. The van der Waals surface area contributed by atoms with Crippen molar-refractivity contribution < 1.29 is 14.3 Å². The van der Waals surface area contributed by atoms with Crippen LogP contribution in [0.15, 0.2) is 35.8 Å². The predicted molar refractivity (Wildman–Crippen MR) is 85.6 cm³/mol. The highest BCUT2D eigenvalue weighted by Gasteiger charge is 2.15. The number of hydrazine groups is 1. The number of hydrogen-bond donors (Lipinski definition) is 3. The maximum Gasteiger partial charge on any atom is 0.359 e. The Morgan fingerprint density at radius 1 is 1.18 bits per heavy atom. The predicted octanol–water partition coefficient (Wildman–Crippen LogP) is 2.12. The summed E-state index contributed by atoms with van der Waals surface area (Å²) in [5, 5.41) is 0. The number of nitrogens with one attached hydrogen (secondary N) is 1. The zero-order chi connectivity index (χ0) is 16.5. The molecule has 0 aliphatic carbocycles. The Hall–Kier alpha value is -2.21. The highest BCUT2D eigenvalue weighted by Crippen LogP contribution is 2.25.